The molecule has 1 amide bonds. The second-order valence-corrected chi connectivity index (χ2v) is 10.0. The Morgan fingerprint density at radius 1 is 1.17 bits per heavy atom. The predicted molar refractivity (Wildman–Crippen MR) is 146 cm³/mol. The molecule has 1 aromatic carbocycles. The predicted octanol–water partition coefficient (Wildman–Crippen LogP) is 4.48. The molecule has 0 aliphatic carbocycles. The van der Waals surface area contributed by atoms with E-state index in [1.54, 1.807) is 16.7 Å². The molecule has 1 aliphatic rings. The maximum atomic E-state index is 15.4. The molecule has 1 aliphatic heterocycles. The van der Waals surface area contributed by atoms with Gasteiger partial charge in [-0.15, -0.1) is 5.10 Å². The summed E-state index contributed by atoms with van der Waals surface area (Å²) < 4.78 is 33.2. The standard InChI is InChI=1S/C27H22ClF2N9O2/c1-14(40)33-22-9-6-17(26(30)35-22)19-12-31-27(34-19)21-5-3-2-4-16-10-15(11-23(41)39(16)21)24-20(38-13-32-36-37-38)8-7-18(28)25(24)29/h6-13,21H,2-5H2,1H3,(H,31,34)(H,33,35,40). The molecule has 5 aromatic rings. The van der Waals surface area contributed by atoms with Crippen LogP contribution in [0.15, 0.2) is 53.7 Å². The molecule has 0 saturated heterocycles. The fraction of sp³-hybridized carbons (Fsp3) is 0.222. The van der Waals surface area contributed by atoms with Gasteiger partial charge in [-0.2, -0.15) is 9.07 Å². The number of hydrogen-bond donors (Lipinski definition) is 2. The van der Waals surface area contributed by atoms with Gasteiger partial charge in [-0.3, -0.25) is 9.59 Å². The lowest BCUT2D eigenvalue weighted by Crippen LogP contribution is -2.28. The summed E-state index contributed by atoms with van der Waals surface area (Å²) in [5, 5.41) is 13.5. The molecule has 11 nitrogen and oxygen atoms in total. The van der Waals surface area contributed by atoms with Crippen LogP contribution in [0.2, 0.25) is 5.02 Å². The third kappa shape index (κ3) is 4.99. The van der Waals surface area contributed by atoms with Crippen LogP contribution >= 0.6 is 11.6 Å². The summed E-state index contributed by atoms with van der Waals surface area (Å²) in [6, 6.07) is 8.65. The Labute approximate surface area is 236 Å². The summed E-state index contributed by atoms with van der Waals surface area (Å²) in [5.74, 6) is -1.26. The normalized spacial score (nSPS) is 14.9. The Hall–Kier alpha value is -4.78. The smallest absolute Gasteiger partial charge is 0.252 e. The van der Waals surface area contributed by atoms with E-state index in [1.165, 1.54) is 48.4 Å². The molecule has 14 heteroatoms. The molecule has 41 heavy (non-hydrogen) atoms. The molecule has 0 bridgehead atoms. The number of aryl methyl sites for hydroxylation is 1. The number of carbonyl (C=O) groups excluding carboxylic acids is 1. The Morgan fingerprint density at radius 3 is 2.78 bits per heavy atom. The molecule has 1 unspecified atom stereocenters. The highest BCUT2D eigenvalue weighted by Gasteiger charge is 2.26. The minimum atomic E-state index is -0.781. The van der Waals surface area contributed by atoms with Crippen LogP contribution in [0.25, 0.3) is 28.1 Å². The molecule has 0 fully saturated rings. The quantitative estimate of drug-likeness (QED) is 0.294. The van der Waals surface area contributed by atoms with Gasteiger partial charge in [0.05, 0.1) is 34.2 Å². The van der Waals surface area contributed by atoms with E-state index in [0.29, 0.717) is 41.3 Å². The molecule has 208 valence electrons. The Balaban J connectivity index is 1.41. The molecule has 1 atom stereocenters. The number of rotatable bonds is 5. The highest BCUT2D eigenvalue weighted by atomic mass is 35.5. The van der Waals surface area contributed by atoms with Gasteiger partial charge in [0.25, 0.3) is 5.56 Å². The van der Waals surface area contributed by atoms with Crippen molar-refractivity contribution in [3.8, 4) is 28.1 Å². The van der Waals surface area contributed by atoms with E-state index in [0.717, 1.165) is 12.8 Å². The van der Waals surface area contributed by atoms with E-state index >= 15 is 4.39 Å². The van der Waals surface area contributed by atoms with Crippen LogP contribution in [-0.2, 0) is 11.2 Å². The molecule has 0 radical (unpaired) electrons. The first kappa shape index (κ1) is 26.4. The number of nitrogens with zero attached hydrogens (tertiary/aromatic N) is 7. The van der Waals surface area contributed by atoms with Gasteiger partial charge in [0.15, 0.2) is 5.82 Å². The van der Waals surface area contributed by atoms with E-state index in [1.807, 2.05) is 0 Å². The second kappa shape index (κ2) is 10.7. The lowest BCUT2D eigenvalue weighted by molar-refractivity contribution is -0.114. The van der Waals surface area contributed by atoms with Crippen molar-refractivity contribution in [3.05, 3.63) is 87.6 Å². The van der Waals surface area contributed by atoms with E-state index in [4.69, 9.17) is 11.6 Å². The van der Waals surface area contributed by atoms with Gasteiger partial charge < -0.3 is 14.9 Å². The Morgan fingerprint density at radius 2 is 2.02 bits per heavy atom. The third-order valence-electron chi connectivity index (χ3n) is 6.93. The maximum absolute atomic E-state index is 15.4. The number of amides is 1. The number of aromatic nitrogens is 8. The molecular weight excluding hydrogens is 556 g/mol. The zero-order chi connectivity index (χ0) is 28.7. The highest BCUT2D eigenvalue weighted by Crippen LogP contribution is 2.35. The van der Waals surface area contributed by atoms with Crippen molar-refractivity contribution in [1.82, 2.24) is 39.7 Å². The average molecular weight is 578 g/mol. The summed E-state index contributed by atoms with van der Waals surface area (Å²) in [6.07, 6.45) is 5.62. The van der Waals surface area contributed by atoms with Crippen molar-refractivity contribution in [2.45, 2.75) is 38.6 Å². The average Bonchev–Trinajstić information content (AvgIpc) is 3.59. The monoisotopic (exact) mass is 577 g/mol. The number of tetrazole rings is 1. The SMILES string of the molecule is CC(=O)Nc1ccc(-c2cnc(C3CCCCc4cc(-c5c(-n6cnnn6)ccc(Cl)c5F)cc(=O)n43)[nH]2)c(F)n1. The van der Waals surface area contributed by atoms with Crippen LogP contribution in [0.1, 0.15) is 43.7 Å². The summed E-state index contributed by atoms with van der Waals surface area (Å²) in [4.78, 5) is 36.4. The van der Waals surface area contributed by atoms with Crippen molar-refractivity contribution < 1.29 is 13.6 Å². The number of halogens is 3. The summed E-state index contributed by atoms with van der Waals surface area (Å²) in [7, 11) is 0. The number of carbonyl (C=O) groups is 1. The van der Waals surface area contributed by atoms with Crippen molar-refractivity contribution in [2.75, 3.05) is 5.32 Å². The van der Waals surface area contributed by atoms with Crippen molar-refractivity contribution in [2.24, 2.45) is 0 Å². The molecule has 4 aromatic heterocycles. The fourth-order valence-corrected chi connectivity index (χ4v) is 5.32. The van der Waals surface area contributed by atoms with Crippen LogP contribution in [-0.4, -0.2) is 45.6 Å². The van der Waals surface area contributed by atoms with Gasteiger partial charge in [0.1, 0.15) is 18.0 Å². The molecular formula is C27H22ClF2N9O2. The van der Waals surface area contributed by atoms with Gasteiger partial charge >= 0.3 is 0 Å². The van der Waals surface area contributed by atoms with E-state index in [2.05, 4.69) is 35.8 Å². The number of aromatic amines is 1. The van der Waals surface area contributed by atoms with Crippen LogP contribution in [0, 0.1) is 11.8 Å². The number of H-pyrrole nitrogens is 1. The Kier molecular flexibility index (Phi) is 6.87. The third-order valence-corrected chi connectivity index (χ3v) is 7.22. The van der Waals surface area contributed by atoms with Gasteiger partial charge in [0.2, 0.25) is 11.9 Å². The molecule has 6 rings (SSSR count). The first-order valence-corrected chi connectivity index (χ1v) is 13.1. The number of anilines is 1. The number of nitrogens with one attached hydrogen (secondary N) is 2. The van der Waals surface area contributed by atoms with Crippen LogP contribution in [0.3, 0.4) is 0 Å². The first-order chi connectivity index (χ1) is 19.8. The zero-order valence-corrected chi connectivity index (χ0v) is 22.4. The topological polar surface area (TPSA) is 136 Å². The first-order valence-electron chi connectivity index (χ1n) is 12.8. The van der Waals surface area contributed by atoms with Crippen molar-refractivity contribution in [3.63, 3.8) is 0 Å². The minimum absolute atomic E-state index is 0.0953. The van der Waals surface area contributed by atoms with Crippen molar-refractivity contribution in [1.29, 1.82) is 0 Å². The van der Waals surface area contributed by atoms with Crippen LogP contribution < -0.4 is 10.9 Å². The number of imidazole rings is 1. The van der Waals surface area contributed by atoms with Gasteiger partial charge in [-0.25, -0.2) is 14.4 Å². The van der Waals surface area contributed by atoms with Crippen LogP contribution in [0.5, 0.6) is 0 Å². The second-order valence-electron chi connectivity index (χ2n) is 9.61. The van der Waals surface area contributed by atoms with Crippen molar-refractivity contribution >= 4 is 23.3 Å². The van der Waals surface area contributed by atoms with Gasteiger partial charge in [-0.1, -0.05) is 18.0 Å². The fourth-order valence-electron chi connectivity index (χ4n) is 5.16. The van der Waals surface area contributed by atoms with E-state index in [9.17, 15) is 14.0 Å². The van der Waals surface area contributed by atoms with E-state index in [-0.39, 0.29) is 33.4 Å². The number of benzene rings is 1. The number of pyridine rings is 2. The largest absolute Gasteiger partial charge is 0.340 e. The minimum Gasteiger partial charge on any atom is -0.340 e. The van der Waals surface area contributed by atoms with Gasteiger partial charge in [-0.05, 0) is 65.6 Å². The molecule has 0 saturated carbocycles. The maximum Gasteiger partial charge on any atom is 0.252 e. The summed E-state index contributed by atoms with van der Waals surface area (Å²) in [5.41, 5.74) is 1.68. The number of fused-ring (bicyclic) bond motifs is 1. The lowest BCUT2D eigenvalue weighted by Gasteiger charge is -2.20. The van der Waals surface area contributed by atoms with Gasteiger partial charge in [0, 0.05) is 24.2 Å². The summed E-state index contributed by atoms with van der Waals surface area (Å²) >= 11 is 6.12. The zero-order valence-electron chi connectivity index (χ0n) is 21.6. The molecule has 5 heterocycles. The summed E-state index contributed by atoms with van der Waals surface area (Å²) in [6.45, 7) is 1.31. The number of hydrogen-bond acceptors (Lipinski definition) is 7. The Bertz CT molecular complexity index is 1840. The highest BCUT2D eigenvalue weighted by molar-refractivity contribution is 6.31. The molecule has 2 N–H and O–H groups in total. The van der Waals surface area contributed by atoms with Crippen LogP contribution in [0.4, 0.5) is 14.6 Å². The lowest BCUT2D eigenvalue weighted by atomic mass is 10.0. The molecule has 0 spiro atoms. The van der Waals surface area contributed by atoms with E-state index < -0.39 is 17.8 Å².